The second kappa shape index (κ2) is 10.5. The molecule has 0 aliphatic carbocycles. The van der Waals surface area contributed by atoms with Gasteiger partial charge in [0.1, 0.15) is 24.9 Å². The first kappa shape index (κ1) is 21.4. The van der Waals surface area contributed by atoms with Gasteiger partial charge in [-0.3, -0.25) is 15.7 Å². The van der Waals surface area contributed by atoms with Gasteiger partial charge >= 0.3 is 0 Å². The fourth-order valence-electron chi connectivity index (χ4n) is 3.65. The molecule has 2 heterocycles. The predicted octanol–water partition coefficient (Wildman–Crippen LogP) is 1.85. The average Bonchev–Trinajstić information content (AvgIpc) is 2.79. The molecule has 1 atom stereocenters. The average molecular weight is 401 g/mol. The van der Waals surface area contributed by atoms with Gasteiger partial charge in [-0.2, -0.15) is 0 Å². The smallest absolute Gasteiger partial charge is 0.120 e. The van der Waals surface area contributed by atoms with E-state index in [-0.39, 0.29) is 6.17 Å². The van der Waals surface area contributed by atoms with Crippen LogP contribution in [0, 0.1) is 0 Å². The van der Waals surface area contributed by atoms with Crippen molar-refractivity contribution in [2.24, 2.45) is 15.8 Å². The van der Waals surface area contributed by atoms with Gasteiger partial charge in [0.05, 0.1) is 18.0 Å². The van der Waals surface area contributed by atoms with Crippen molar-refractivity contribution in [2.45, 2.75) is 19.5 Å². The van der Waals surface area contributed by atoms with Crippen molar-refractivity contribution >= 4 is 23.3 Å². The topological polar surface area (TPSA) is 87.7 Å². The zero-order chi connectivity index (χ0) is 20.6. The Bertz CT molecular complexity index is 756. The zero-order valence-corrected chi connectivity index (χ0v) is 17.4. The molecule has 1 fully saturated rings. The number of allylic oxidation sites excluding steroid dienone is 1. The quantitative estimate of drug-likeness (QED) is 0.374. The van der Waals surface area contributed by atoms with E-state index < -0.39 is 0 Å². The second-order valence-corrected chi connectivity index (χ2v) is 7.17. The number of piperazine rings is 1. The summed E-state index contributed by atoms with van der Waals surface area (Å²) in [6, 6.07) is 5.71. The van der Waals surface area contributed by atoms with E-state index >= 15 is 0 Å². The van der Waals surface area contributed by atoms with Crippen molar-refractivity contribution in [2.75, 3.05) is 58.5 Å². The van der Waals surface area contributed by atoms with Crippen LogP contribution in [0.15, 0.2) is 34.8 Å². The van der Waals surface area contributed by atoms with Crippen LogP contribution in [0.4, 0.5) is 5.69 Å². The van der Waals surface area contributed by atoms with E-state index in [1.165, 1.54) is 0 Å². The lowest BCUT2D eigenvalue weighted by molar-refractivity contribution is 0.105. The minimum atomic E-state index is 0.105. The zero-order valence-electron chi connectivity index (χ0n) is 17.4. The molecule has 0 amide bonds. The number of aliphatic imine (C=N–C) groups is 2. The number of nitrogens with one attached hydrogen (secondary N) is 1. The number of methoxy groups -OCH3 is 1. The number of hydrogen-bond acceptors (Lipinski definition) is 8. The summed E-state index contributed by atoms with van der Waals surface area (Å²) in [5.74, 6) is 6.47. The third kappa shape index (κ3) is 5.42. The summed E-state index contributed by atoms with van der Waals surface area (Å²) in [5.41, 5.74) is 6.17. The van der Waals surface area contributed by atoms with Gasteiger partial charge in [0, 0.05) is 45.3 Å². The summed E-state index contributed by atoms with van der Waals surface area (Å²) in [7, 11) is 1.65. The maximum atomic E-state index is 5.75. The van der Waals surface area contributed by atoms with Crippen LogP contribution in [-0.2, 0) is 4.74 Å². The van der Waals surface area contributed by atoms with E-state index in [0.717, 1.165) is 67.4 Å². The van der Waals surface area contributed by atoms with Crippen LogP contribution in [0.3, 0.4) is 0 Å². The van der Waals surface area contributed by atoms with Gasteiger partial charge in [0.25, 0.3) is 0 Å². The van der Waals surface area contributed by atoms with Crippen LogP contribution < -0.4 is 16.0 Å². The molecule has 1 aromatic carbocycles. The highest BCUT2D eigenvalue weighted by atomic mass is 16.5. The van der Waals surface area contributed by atoms with Crippen molar-refractivity contribution in [1.82, 2.24) is 9.80 Å². The van der Waals surface area contributed by atoms with Crippen molar-refractivity contribution in [3.8, 4) is 5.75 Å². The second-order valence-electron chi connectivity index (χ2n) is 7.17. The van der Waals surface area contributed by atoms with Gasteiger partial charge in [-0.15, -0.1) is 0 Å². The summed E-state index contributed by atoms with van der Waals surface area (Å²) < 4.78 is 10.8. The summed E-state index contributed by atoms with van der Waals surface area (Å²) in [4.78, 5) is 14.0. The Morgan fingerprint density at radius 2 is 2.07 bits per heavy atom. The number of nitrogen functional groups attached to an aromatic ring is 1. The highest BCUT2D eigenvalue weighted by Gasteiger charge is 2.26. The summed E-state index contributed by atoms with van der Waals surface area (Å²) in [5, 5.41) is 0. The number of hydrazine groups is 1. The predicted molar refractivity (Wildman–Crippen MR) is 119 cm³/mol. The normalized spacial score (nSPS) is 20.4. The fourth-order valence-corrected chi connectivity index (χ4v) is 3.65. The van der Waals surface area contributed by atoms with Crippen LogP contribution >= 0.6 is 0 Å². The highest BCUT2D eigenvalue weighted by Crippen LogP contribution is 2.30. The first-order chi connectivity index (χ1) is 14.2. The number of rotatable bonds is 9. The molecule has 158 valence electrons. The highest BCUT2D eigenvalue weighted by molar-refractivity contribution is 6.26. The lowest BCUT2D eigenvalue weighted by Gasteiger charge is -2.38. The molecule has 2 aliphatic rings. The number of nitrogens with zero attached hydrogens (tertiary/aromatic N) is 4. The van der Waals surface area contributed by atoms with Crippen LogP contribution in [0.2, 0.25) is 0 Å². The molecule has 3 rings (SSSR count). The molecule has 0 bridgehead atoms. The molecule has 8 heteroatoms. The molecule has 0 radical (unpaired) electrons. The van der Waals surface area contributed by atoms with Crippen LogP contribution in [0.1, 0.15) is 18.9 Å². The first-order valence-corrected chi connectivity index (χ1v) is 10.1. The number of anilines is 1. The van der Waals surface area contributed by atoms with Gasteiger partial charge in [-0.05, 0) is 30.3 Å². The van der Waals surface area contributed by atoms with Gasteiger partial charge in [-0.25, -0.2) is 4.99 Å². The Morgan fingerprint density at radius 3 is 2.76 bits per heavy atom. The molecule has 0 unspecified atom stereocenters. The van der Waals surface area contributed by atoms with E-state index in [1.54, 1.807) is 13.4 Å². The Balaban J connectivity index is 1.70. The lowest BCUT2D eigenvalue weighted by Crippen LogP contribution is -2.50. The van der Waals surface area contributed by atoms with E-state index in [9.17, 15) is 0 Å². The van der Waals surface area contributed by atoms with Crippen molar-refractivity contribution in [3.63, 3.8) is 0 Å². The molecular weight excluding hydrogens is 368 g/mol. The van der Waals surface area contributed by atoms with Crippen LogP contribution in [0.5, 0.6) is 5.75 Å². The Morgan fingerprint density at radius 1 is 1.28 bits per heavy atom. The van der Waals surface area contributed by atoms with Crippen molar-refractivity contribution in [3.05, 3.63) is 30.3 Å². The largest absolute Gasteiger partial charge is 0.491 e. The van der Waals surface area contributed by atoms with E-state index in [0.29, 0.717) is 13.2 Å². The molecule has 29 heavy (non-hydrogen) atoms. The van der Waals surface area contributed by atoms with Gasteiger partial charge < -0.3 is 19.8 Å². The molecular formula is C21H32N6O2. The number of nitrogens with two attached hydrogens (primary N) is 1. The van der Waals surface area contributed by atoms with Gasteiger partial charge in [-0.1, -0.05) is 13.5 Å². The molecule has 0 spiro atoms. The summed E-state index contributed by atoms with van der Waals surface area (Å²) in [6.45, 7) is 12.8. The number of likely N-dealkylation sites (N-methyl/N-ethyl adjacent to an activating group) is 1. The van der Waals surface area contributed by atoms with Crippen LogP contribution in [0.25, 0.3) is 5.57 Å². The molecule has 1 aromatic rings. The molecule has 0 aromatic heterocycles. The van der Waals surface area contributed by atoms with Crippen molar-refractivity contribution in [1.29, 1.82) is 0 Å². The van der Waals surface area contributed by atoms with Gasteiger partial charge in [0.15, 0.2) is 0 Å². The molecule has 8 nitrogen and oxygen atoms in total. The summed E-state index contributed by atoms with van der Waals surface area (Å²) in [6.07, 6.45) is 2.50. The third-order valence-corrected chi connectivity index (χ3v) is 5.48. The number of hydrogen-bond donors (Lipinski definition) is 2. The van der Waals surface area contributed by atoms with E-state index in [1.807, 2.05) is 18.2 Å². The number of ether oxygens (including phenoxy) is 2. The fraction of sp³-hybridized carbons (Fsp3) is 0.524. The van der Waals surface area contributed by atoms with Crippen molar-refractivity contribution < 1.29 is 9.47 Å². The molecule has 1 saturated heterocycles. The van der Waals surface area contributed by atoms with Crippen LogP contribution in [-0.4, -0.2) is 81.1 Å². The first-order valence-electron chi connectivity index (χ1n) is 10.1. The third-order valence-electron chi connectivity index (χ3n) is 5.48. The lowest BCUT2D eigenvalue weighted by atomic mass is 9.97. The molecule has 0 saturated carbocycles. The minimum Gasteiger partial charge on any atom is -0.491 e. The summed E-state index contributed by atoms with van der Waals surface area (Å²) >= 11 is 0. The molecule has 2 aliphatic heterocycles. The van der Waals surface area contributed by atoms with E-state index in [4.69, 9.17) is 15.3 Å². The molecule has 3 N–H and O–H groups in total. The minimum absolute atomic E-state index is 0.105. The van der Waals surface area contributed by atoms with E-state index in [2.05, 4.69) is 38.7 Å². The SMILES string of the molecule is C=C(C1=NC=N[C@H](N2CCN(CC)CC2)C1)c1cc(OCCOC)ccc1NN. The number of benzene rings is 1. The standard InChI is InChI=1S/C21H32N6O2/c1-4-26-7-9-27(10-8-26)21-14-20(23-15-24-21)16(2)18-13-17(29-12-11-28-3)5-6-19(18)25-22/h5-6,13,15,21,25H,2,4,7-12,14,22H2,1,3H3/t21-/m1/s1. The maximum Gasteiger partial charge on any atom is 0.120 e. The Hall–Kier alpha value is -2.26. The monoisotopic (exact) mass is 400 g/mol. The maximum absolute atomic E-state index is 5.75. The Labute approximate surface area is 173 Å². The Kier molecular flexibility index (Phi) is 7.76. The van der Waals surface area contributed by atoms with Gasteiger partial charge in [0.2, 0.25) is 0 Å².